The number of nitrogens with zero attached hydrogens (tertiary/aromatic N) is 2. The molecule has 100 valence electrons. The Morgan fingerprint density at radius 3 is 2.74 bits per heavy atom. The van der Waals surface area contributed by atoms with E-state index in [1.807, 2.05) is 18.2 Å². The number of aliphatic hydroxyl groups excluding tert-OH is 1. The summed E-state index contributed by atoms with van der Waals surface area (Å²) in [4.78, 5) is 6.82. The van der Waals surface area contributed by atoms with E-state index >= 15 is 0 Å². The van der Waals surface area contributed by atoms with Crippen molar-refractivity contribution in [2.45, 2.75) is 43.9 Å². The molecule has 1 aromatic carbocycles. The average molecular weight is 259 g/mol. The Kier molecular flexibility index (Phi) is 2.26. The molecule has 3 N–H and O–H groups in total. The zero-order valence-electron chi connectivity index (χ0n) is 10.6. The predicted molar refractivity (Wildman–Crippen MR) is 73.0 cm³/mol. The first kappa shape index (κ1) is 11.1. The summed E-state index contributed by atoms with van der Waals surface area (Å²) in [5.41, 5.74) is 8.03. The van der Waals surface area contributed by atoms with Gasteiger partial charge in [-0.05, 0) is 37.8 Å². The molecule has 2 fully saturated rings. The van der Waals surface area contributed by atoms with Crippen LogP contribution < -0.4 is 10.6 Å². The lowest BCUT2D eigenvalue weighted by atomic mass is 10.0. The number of benzene rings is 1. The van der Waals surface area contributed by atoms with Crippen LogP contribution in [0.3, 0.4) is 0 Å². The van der Waals surface area contributed by atoms with E-state index in [0.717, 1.165) is 36.8 Å². The van der Waals surface area contributed by atoms with Crippen LogP contribution in [0.15, 0.2) is 22.6 Å². The summed E-state index contributed by atoms with van der Waals surface area (Å²) >= 11 is 0. The molecule has 2 bridgehead atoms. The fourth-order valence-corrected chi connectivity index (χ4v) is 3.50. The Morgan fingerprint density at radius 2 is 2.00 bits per heavy atom. The number of nitrogen functional groups attached to an aromatic ring is 1. The molecule has 2 unspecified atom stereocenters. The molecule has 19 heavy (non-hydrogen) atoms. The third kappa shape index (κ3) is 1.69. The molecule has 0 saturated carbocycles. The summed E-state index contributed by atoms with van der Waals surface area (Å²) < 4.78 is 5.86. The van der Waals surface area contributed by atoms with E-state index < -0.39 is 0 Å². The number of fused-ring (bicyclic) bond motifs is 3. The van der Waals surface area contributed by atoms with E-state index in [-0.39, 0.29) is 6.10 Å². The standard InChI is InChI=1S/C14H17N3O2/c15-8-1-4-12-13(5-8)19-14(16-12)17-9-2-3-10(17)7-11(18)6-9/h1,4-5,9-11,18H,2-3,6-7,15H2. The highest BCUT2D eigenvalue weighted by atomic mass is 16.4. The third-order valence-corrected chi connectivity index (χ3v) is 4.33. The highest BCUT2D eigenvalue weighted by Gasteiger charge is 2.42. The molecule has 2 aromatic rings. The van der Waals surface area contributed by atoms with E-state index in [1.165, 1.54) is 0 Å². The highest BCUT2D eigenvalue weighted by molar-refractivity contribution is 5.78. The van der Waals surface area contributed by atoms with E-state index in [9.17, 15) is 5.11 Å². The second kappa shape index (κ2) is 3.87. The first-order valence-corrected chi connectivity index (χ1v) is 6.83. The second-order valence-corrected chi connectivity index (χ2v) is 5.64. The smallest absolute Gasteiger partial charge is 0.298 e. The third-order valence-electron chi connectivity index (χ3n) is 4.33. The first-order chi connectivity index (χ1) is 9.20. The molecular weight excluding hydrogens is 242 g/mol. The zero-order chi connectivity index (χ0) is 13.0. The molecule has 0 spiro atoms. The summed E-state index contributed by atoms with van der Waals surface area (Å²) in [5.74, 6) is 0. The molecule has 2 saturated heterocycles. The van der Waals surface area contributed by atoms with Crippen molar-refractivity contribution < 1.29 is 9.52 Å². The van der Waals surface area contributed by atoms with Crippen molar-refractivity contribution >= 4 is 22.8 Å². The van der Waals surface area contributed by atoms with Gasteiger partial charge in [0.15, 0.2) is 5.58 Å². The minimum atomic E-state index is -0.172. The maximum absolute atomic E-state index is 9.84. The van der Waals surface area contributed by atoms with E-state index in [0.29, 0.717) is 23.8 Å². The van der Waals surface area contributed by atoms with Gasteiger partial charge in [0.2, 0.25) is 0 Å². The Balaban J connectivity index is 1.74. The lowest BCUT2D eigenvalue weighted by Crippen LogP contribution is -2.44. The van der Waals surface area contributed by atoms with Crippen molar-refractivity contribution in [3.8, 4) is 0 Å². The van der Waals surface area contributed by atoms with Crippen LogP contribution in [0.4, 0.5) is 11.7 Å². The maximum atomic E-state index is 9.84. The monoisotopic (exact) mass is 259 g/mol. The van der Waals surface area contributed by atoms with Gasteiger partial charge in [0.25, 0.3) is 6.01 Å². The number of hydrogen-bond acceptors (Lipinski definition) is 5. The van der Waals surface area contributed by atoms with Gasteiger partial charge in [-0.1, -0.05) is 0 Å². The number of rotatable bonds is 1. The van der Waals surface area contributed by atoms with Crippen LogP contribution in [0.25, 0.3) is 11.1 Å². The van der Waals surface area contributed by atoms with Crippen molar-refractivity contribution in [1.82, 2.24) is 4.98 Å². The summed E-state index contributed by atoms with van der Waals surface area (Å²) in [6.07, 6.45) is 3.69. The molecular formula is C14H17N3O2. The SMILES string of the molecule is Nc1ccc2nc(N3C4CCC3CC(O)C4)oc2c1. The zero-order valence-corrected chi connectivity index (χ0v) is 10.6. The van der Waals surface area contributed by atoms with Crippen LogP contribution in [-0.2, 0) is 0 Å². The van der Waals surface area contributed by atoms with Gasteiger partial charge in [0.05, 0.1) is 6.10 Å². The lowest BCUT2D eigenvalue weighted by Gasteiger charge is -2.35. The van der Waals surface area contributed by atoms with E-state index in [1.54, 1.807) is 0 Å². The number of oxazole rings is 1. The first-order valence-electron chi connectivity index (χ1n) is 6.83. The molecule has 0 radical (unpaired) electrons. The number of anilines is 2. The van der Waals surface area contributed by atoms with Crippen LogP contribution in [0.5, 0.6) is 0 Å². The normalized spacial score (nSPS) is 30.2. The lowest BCUT2D eigenvalue weighted by molar-refractivity contribution is 0.124. The van der Waals surface area contributed by atoms with Crippen molar-refractivity contribution in [1.29, 1.82) is 0 Å². The van der Waals surface area contributed by atoms with E-state index in [2.05, 4.69) is 9.88 Å². The molecule has 1 aromatic heterocycles. The second-order valence-electron chi connectivity index (χ2n) is 5.64. The Bertz CT molecular complexity index is 610. The summed E-state index contributed by atoms with van der Waals surface area (Å²) in [6, 6.07) is 6.94. The predicted octanol–water partition coefficient (Wildman–Crippen LogP) is 1.90. The summed E-state index contributed by atoms with van der Waals surface area (Å²) in [5, 5.41) is 9.84. The number of nitrogens with two attached hydrogens (primary N) is 1. The Labute approximate surface area is 111 Å². The Morgan fingerprint density at radius 1 is 1.26 bits per heavy atom. The van der Waals surface area contributed by atoms with Crippen LogP contribution in [0.1, 0.15) is 25.7 Å². The number of aliphatic hydroxyl groups is 1. The number of aromatic nitrogens is 1. The van der Waals surface area contributed by atoms with Crippen molar-refractivity contribution in [3.63, 3.8) is 0 Å². The van der Waals surface area contributed by atoms with Crippen LogP contribution in [0, 0.1) is 0 Å². The molecule has 4 rings (SSSR count). The van der Waals surface area contributed by atoms with Gasteiger partial charge in [-0.3, -0.25) is 0 Å². The average Bonchev–Trinajstić information content (AvgIpc) is 2.88. The van der Waals surface area contributed by atoms with E-state index in [4.69, 9.17) is 10.2 Å². The largest absolute Gasteiger partial charge is 0.423 e. The molecule has 2 aliphatic rings. The van der Waals surface area contributed by atoms with Crippen molar-refractivity contribution in [3.05, 3.63) is 18.2 Å². The van der Waals surface area contributed by atoms with Crippen LogP contribution in [-0.4, -0.2) is 28.3 Å². The van der Waals surface area contributed by atoms with Gasteiger partial charge >= 0.3 is 0 Å². The fraction of sp³-hybridized carbons (Fsp3) is 0.500. The van der Waals surface area contributed by atoms with Gasteiger partial charge < -0.3 is 20.2 Å². The molecule has 3 heterocycles. The Hall–Kier alpha value is -1.75. The van der Waals surface area contributed by atoms with Gasteiger partial charge in [-0.2, -0.15) is 4.98 Å². The quantitative estimate of drug-likeness (QED) is 0.765. The number of piperidine rings is 1. The van der Waals surface area contributed by atoms with Gasteiger partial charge in [-0.25, -0.2) is 0 Å². The molecule has 0 amide bonds. The number of hydrogen-bond donors (Lipinski definition) is 2. The van der Waals surface area contributed by atoms with Crippen molar-refractivity contribution in [2.75, 3.05) is 10.6 Å². The topological polar surface area (TPSA) is 75.5 Å². The minimum Gasteiger partial charge on any atom is -0.423 e. The van der Waals surface area contributed by atoms with Gasteiger partial charge in [-0.15, -0.1) is 0 Å². The summed E-state index contributed by atoms with van der Waals surface area (Å²) in [6.45, 7) is 0. The molecule has 2 atom stereocenters. The fourth-order valence-electron chi connectivity index (χ4n) is 3.50. The minimum absolute atomic E-state index is 0.172. The maximum Gasteiger partial charge on any atom is 0.298 e. The molecule has 5 heteroatoms. The van der Waals surface area contributed by atoms with Crippen LogP contribution in [0.2, 0.25) is 0 Å². The molecule has 0 aliphatic carbocycles. The van der Waals surface area contributed by atoms with Crippen LogP contribution >= 0.6 is 0 Å². The molecule has 2 aliphatic heterocycles. The summed E-state index contributed by atoms with van der Waals surface area (Å²) in [7, 11) is 0. The highest BCUT2D eigenvalue weighted by Crippen LogP contribution is 2.39. The van der Waals surface area contributed by atoms with Gasteiger partial charge in [0, 0.05) is 23.8 Å². The molecule has 5 nitrogen and oxygen atoms in total. The van der Waals surface area contributed by atoms with Gasteiger partial charge in [0.1, 0.15) is 5.52 Å². The van der Waals surface area contributed by atoms with Crippen molar-refractivity contribution in [2.24, 2.45) is 0 Å².